The molecule has 0 bridgehead atoms. The summed E-state index contributed by atoms with van der Waals surface area (Å²) in [6.07, 6.45) is -0.429. The molecule has 0 fully saturated rings. The van der Waals surface area contributed by atoms with Crippen LogP contribution in [-0.2, 0) is 11.3 Å². The van der Waals surface area contributed by atoms with Crippen molar-refractivity contribution in [2.24, 2.45) is 0 Å². The molecule has 1 aliphatic heterocycles. The third-order valence-corrected chi connectivity index (χ3v) is 7.21. The van der Waals surface area contributed by atoms with Gasteiger partial charge in [-0.2, -0.15) is 10.4 Å². The van der Waals surface area contributed by atoms with Crippen molar-refractivity contribution in [3.63, 3.8) is 0 Å². The van der Waals surface area contributed by atoms with Gasteiger partial charge in [0.15, 0.2) is 11.5 Å². The minimum Gasteiger partial charge on any atom is -0.395 e. The van der Waals surface area contributed by atoms with E-state index in [1.807, 2.05) is 6.07 Å². The Morgan fingerprint density at radius 2 is 1.90 bits per heavy atom. The van der Waals surface area contributed by atoms with E-state index in [0.29, 0.717) is 6.61 Å². The zero-order chi connectivity index (χ0) is 28.5. The Morgan fingerprint density at radius 1 is 1.18 bits per heavy atom. The van der Waals surface area contributed by atoms with Gasteiger partial charge in [-0.1, -0.05) is 6.07 Å². The van der Waals surface area contributed by atoms with Crippen LogP contribution in [0.1, 0.15) is 33.7 Å². The Balaban J connectivity index is 1.63. The average molecular weight is 567 g/mol. The number of rotatable bonds is 9. The molecule has 0 radical (unpaired) electrons. The number of hydrogen-bond acceptors (Lipinski definition) is 6. The quantitative estimate of drug-likeness (QED) is 0.251. The largest absolute Gasteiger partial charge is 0.586 e. The summed E-state index contributed by atoms with van der Waals surface area (Å²) in [5, 5.41) is 13.6. The summed E-state index contributed by atoms with van der Waals surface area (Å²) in [7, 11) is 0.596. The van der Waals surface area contributed by atoms with Gasteiger partial charge in [-0.15, -0.1) is 8.78 Å². The van der Waals surface area contributed by atoms with E-state index in [0.717, 1.165) is 5.75 Å². The van der Waals surface area contributed by atoms with Crippen LogP contribution in [0.15, 0.2) is 42.5 Å². The zero-order valence-electron chi connectivity index (χ0n) is 21.6. The van der Waals surface area contributed by atoms with Crippen LogP contribution in [0.3, 0.4) is 0 Å². The van der Waals surface area contributed by atoms with E-state index in [-0.39, 0.29) is 46.3 Å². The first-order chi connectivity index (χ1) is 18.3. The number of anilines is 1. The van der Waals surface area contributed by atoms with Crippen molar-refractivity contribution in [2.75, 3.05) is 43.1 Å². The first kappa shape index (κ1) is 28.3. The summed E-state index contributed by atoms with van der Waals surface area (Å²) in [5.74, 6) is -0.107. The topological polar surface area (TPSA) is 89.6 Å². The smallest absolute Gasteiger partial charge is 0.395 e. The van der Waals surface area contributed by atoms with Gasteiger partial charge in [0.25, 0.3) is 12.3 Å². The van der Waals surface area contributed by atoms with Crippen molar-refractivity contribution in [2.45, 2.75) is 19.3 Å². The molecule has 4 rings (SSSR count). The molecule has 0 aliphatic carbocycles. The number of carbonyl (C=O) groups is 1. The second-order valence-corrected chi connectivity index (χ2v) is 14.2. The number of alkyl halides is 4. The van der Waals surface area contributed by atoms with Crippen molar-refractivity contribution in [1.29, 1.82) is 5.26 Å². The van der Waals surface area contributed by atoms with Gasteiger partial charge in [-0.05, 0) is 49.1 Å². The number of nitriles is 1. The molecule has 2 aromatic carbocycles. The van der Waals surface area contributed by atoms with Gasteiger partial charge in [-0.3, -0.25) is 4.79 Å². The highest BCUT2D eigenvalue weighted by Crippen LogP contribution is 2.43. The zero-order valence-corrected chi connectivity index (χ0v) is 22.4. The molecular formula is C26H26F4N4O4S. The van der Waals surface area contributed by atoms with Crippen molar-refractivity contribution in [1.82, 2.24) is 9.78 Å². The third kappa shape index (κ3) is 6.29. The highest BCUT2D eigenvalue weighted by atomic mass is 32.3. The molecule has 0 saturated heterocycles. The summed E-state index contributed by atoms with van der Waals surface area (Å²) in [4.78, 5) is 14.5. The molecule has 8 nitrogen and oxygen atoms in total. The SMILES string of the molecule is CN(C(=O)c1cccc(-n2nc(C(F)F)c(C#N)c2COCCS(C)(C)C)c1)c1ccc2c(c1)OC(F)(F)O2. The molecule has 1 aromatic heterocycles. The average Bonchev–Trinajstić information content (AvgIpc) is 3.40. The molecule has 0 N–H and O–H groups in total. The number of benzene rings is 2. The summed E-state index contributed by atoms with van der Waals surface area (Å²) < 4.78 is 70.0. The molecule has 0 saturated carbocycles. The van der Waals surface area contributed by atoms with E-state index < -0.39 is 34.3 Å². The van der Waals surface area contributed by atoms with Gasteiger partial charge in [0, 0.05) is 30.1 Å². The van der Waals surface area contributed by atoms with Crippen LogP contribution >= 0.6 is 10.0 Å². The number of aromatic nitrogens is 2. The molecule has 13 heteroatoms. The number of hydrogen-bond donors (Lipinski definition) is 0. The predicted octanol–water partition coefficient (Wildman–Crippen LogP) is 5.49. The van der Waals surface area contributed by atoms with Crippen LogP contribution in [0, 0.1) is 11.3 Å². The monoisotopic (exact) mass is 566 g/mol. The van der Waals surface area contributed by atoms with Crippen molar-refractivity contribution < 1.29 is 36.6 Å². The third-order valence-electron chi connectivity index (χ3n) is 5.82. The second kappa shape index (κ2) is 10.8. The van der Waals surface area contributed by atoms with Crippen LogP contribution in [0.25, 0.3) is 5.69 Å². The highest BCUT2D eigenvalue weighted by Gasteiger charge is 2.43. The van der Waals surface area contributed by atoms with E-state index >= 15 is 0 Å². The fraction of sp³-hybridized carbons (Fsp3) is 0.346. The molecule has 0 atom stereocenters. The molecule has 208 valence electrons. The van der Waals surface area contributed by atoms with Gasteiger partial charge in [-0.25, -0.2) is 23.5 Å². The van der Waals surface area contributed by atoms with E-state index in [2.05, 4.69) is 33.3 Å². The predicted molar refractivity (Wildman–Crippen MR) is 139 cm³/mol. The summed E-state index contributed by atoms with van der Waals surface area (Å²) in [5.41, 5.74) is -0.128. The number of fused-ring (bicyclic) bond motifs is 1. The first-order valence-corrected chi connectivity index (χ1v) is 14.6. The maximum absolute atomic E-state index is 13.7. The second-order valence-electron chi connectivity index (χ2n) is 9.59. The molecule has 2 heterocycles. The Hall–Kier alpha value is -3.76. The lowest BCUT2D eigenvalue weighted by Gasteiger charge is -2.24. The minimum atomic E-state index is -3.80. The molecular weight excluding hydrogens is 540 g/mol. The lowest BCUT2D eigenvalue weighted by molar-refractivity contribution is -0.286. The van der Waals surface area contributed by atoms with E-state index in [4.69, 9.17) is 4.74 Å². The van der Waals surface area contributed by atoms with Crippen LogP contribution in [0.5, 0.6) is 11.5 Å². The van der Waals surface area contributed by atoms with Gasteiger partial charge in [0.05, 0.1) is 24.6 Å². The van der Waals surface area contributed by atoms with Crippen LogP contribution in [-0.4, -0.2) is 60.2 Å². The van der Waals surface area contributed by atoms with E-state index in [1.54, 1.807) is 12.1 Å². The van der Waals surface area contributed by atoms with Crippen molar-refractivity contribution >= 4 is 21.6 Å². The Kier molecular flexibility index (Phi) is 7.81. The number of carbonyl (C=O) groups excluding carboxylic acids is 1. The highest BCUT2D eigenvalue weighted by molar-refractivity contribution is 8.32. The van der Waals surface area contributed by atoms with Crippen LogP contribution < -0.4 is 14.4 Å². The molecule has 1 aliphatic rings. The standard InChI is InChI=1S/C26H26F4N4O4S/c1-33(17-8-9-21-22(13-17)38-26(29,30)37-21)25(35)16-6-5-7-18(12-16)34-20(15-36-10-11-39(2,3)4)19(14-31)23(32-34)24(27)28/h5-9,12-13,24H,10-11,15H2,1-4H3. The number of halogens is 4. The van der Waals surface area contributed by atoms with Gasteiger partial charge in [0.1, 0.15) is 17.3 Å². The number of ether oxygens (including phenoxy) is 3. The number of nitrogens with zero attached hydrogens (tertiary/aromatic N) is 4. The Morgan fingerprint density at radius 3 is 2.56 bits per heavy atom. The van der Waals surface area contributed by atoms with Gasteiger partial charge in [0.2, 0.25) is 0 Å². The summed E-state index contributed by atoms with van der Waals surface area (Å²) in [6, 6.07) is 11.8. The maximum Gasteiger partial charge on any atom is 0.586 e. The normalized spacial score (nSPS) is 14.4. The molecule has 3 aromatic rings. The van der Waals surface area contributed by atoms with Crippen molar-refractivity contribution in [3.8, 4) is 23.3 Å². The fourth-order valence-electron chi connectivity index (χ4n) is 3.80. The molecule has 0 spiro atoms. The van der Waals surface area contributed by atoms with Gasteiger partial charge >= 0.3 is 6.29 Å². The molecule has 0 unspecified atom stereocenters. The summed E-state index contributed by atoms with van der Waals surface area (Å²) >= 11 is 0. The lowest BCUT2D eigenvalue weighted by atomic mass is 10.1. The Labute approximate surface area is 224 Å². The van der Waals surface area contributed by atoms with Crippen LogP contribution in [0.2, 0.25) is 0 Å². The molecule has 1 amide bonds. The lowest BCUT2D eigenvalue weighted by Crippen LogP contribution is -2.26. The summed E-state index contributed by atoms with van der Waals surface area (Å²) in [6.45, 7) is 0.252. The van der Waals surface area contributed by atoms with E-state index in [9.17, 15) is 27.6 Å². The minimum absolute atomic E-state index is 0.127. The molecule has 39 heavy (non-hydrogen) atoms. The van der Waals surface area contributed by atoms with E-state index in [1.165, 1.54) is 47.0 Å². The first-order valence-electron chi connectivity index (χ1n) is 11.6. The Bertz CT molecular complexity index is 1430. The van der Waals surface area contributed by atoms with Crippen LogP contribution in [0.4, 0.5) is 23.2 Å². The van der Waals surface area contributed by atoms with Gasteiger partial charge < -0.3 is 19.1 Å². The number of amides is 1. The maximum atomic E-state index is 13.7. The van der Waals surface area contributed by atoms with Crippen molar-refractivity contribution in [3.05, 3.63) is 65.0 Å². The fourth-order valence-corrected chi connectivity index (χ4v) is 4.42.